The number of hydrogen-bond donors (Lipinski definition) is 1. The fourth-order valence-corrected chi connectivity index (χ4v) is 1.57. The lowest BCUT2D eigenvalue weighted by molar-refractivity contribution is -0.387. The third kappa shape index (κ3) is 2.46. The molecule has 0 aliphatic heterocycles. The first-order valence-corrected chi connectivity index (χ1v) is 5.56. The summed E-state index contributed by atoms with van der Waals surface area (Å²) in [6.07, 6.45) is 0. The number of nitro groups is 1. The Morgan fingerprint density at radius 2 is 2.25 bits per heavy atom. The van der Waals surface area contributed by atoms with Gasteiger partial charge in [-0.1, -0.05) is 0 Å². The SMILES string of the molecule is CCOC(=O)c1n[nH]nc1-c1ccc(F)c([N+](=O)[O-])c1. The summed E-state index contributed by atoms with van der Waals surface area (Å²) in [5.41, 5.74) is -0.575. The maximum atomic E-state index is 13.3. The lowest BCUT2D eigenvalue weighted by atomic mass is 10.1. The van der Waals surface area contributed by atoms with Crippen LogP contribution < -0.4 is 0 Å². The summed E-state index contributed by atoms with van der Waals surface area (Å²) in [7, 11) is 0. The van der Waals surface area contributed by atoms with Crippen molar-refractivity contribution < 1.29 is 18.8 Å². The minimum Gasteiger partial charge on any atom is -0.461 e. The molecule has 0 saturated heterocycles. The molecule has 2 aromatic rings. The van der Waals surface area contributed by atoms with E-state index in [9.17, 15) is 19.3 Å². The number of aromatic nitrogens is 3. The van der Waals surface area contributed by atoms with E-state index < -0.39 is 22.4 Å². The lowest BCUT2D eigenvalue weighted by Gasteiger charge is -2.01. The van der Waals surface area contributed by atoms with Crippen LogP contribution >= 0.6 is 0 Å². The predicted octanol–water partition coefficient (Wildman–Crippen LogP) is 1.70. The molecule has 0 aliphatic carbocycles. The Balaban J connectivity index is 2.48. The number of hydrogen-bond acceptors (Lipinski definition) is 6. The molecule has 104 valence electrons. The van der Waals surface area contributed by atoms with Gasteiger partial charge in [0.15, 0.2) is 5.69 Å². The van der Waals surface area contributed by atoms with E-state index >= 15 is 0 Å². The number of carbonyl (C=O) groups is 1. The van der Waals surface area contributed by atoms with Gasteiger partial charge >= 0.3 is 11.7 Å². The number of carbonyl (C=O) groups excluding carboxylic acids is 1. The Bertz CT molecular complexity index is 670. The number of benzene rings is 1. The van der Waals surface area contributed by atoms with E-state index in [2.05, 4.69) is 15.4 Å². The topological polar surface area (TPSA) is 111 Å². The van der Waals surface area contributed by atoms with Crippen LogP contribution in [0.5, 0.6) is 0 Å². The van der Waals surface area contributed by atoms with Crippen molar-refractivity contribution in [2.75, 3.05) is 6.61 Å². The second kappa shape index (κ2) is 5.43. The van der Waals surface area contributed by atoms with Gasteiger partial charge in [-0.3, -0.25) is 10.1 Å². The normalized spacial score (nSPS) is 10.3. The van der Waals surface area contributed by atoms with Gasteiger partial charge in [0.05, 0.1) is 11.5 Å². The molecule has 0 bridgehead atoms. The third-order valence-corrected chi connectivity index (χ3v) is 2.43. The van der Waals surface area contributed by atoms with E-state index in [0.717, 1.165) is 12.1 Å². The average molecular weight is 280 g/mol. The monoisotopic (exact) mass is 280 g/mol. The molecular weight excluding hydrogens is 271 g/mol. The second-order valence-corrected chi connectivity index (χ2v) is 3.66. The fourth-order valence-electron chi connectivity index (χ4n) is 1.57. The highest BCUT2D eigenvalue weighted by molar-refractivity contribution is 5.94. The summed E-state index contributed by atoms with van der Waals surface area (Å²) in [5.74, 6) is -1.69. The predicted molar refractivity (Wildman–Crippen MR) is 64.4 cm³/mol. The Kier molecular flexibility index (Phi) is 3.69. The second-order valence-electron chi connectivity index (χ2n) is 3.66. The molecule has 1 heterocycles. The molecule has 0 saturated carbocycles. The van der Waals surface area contributed by atoms with Crippen molar-refractivity contribution in [1.29, 1.82) is 0 Å². The number of esters is 1. The van der Waals surface area contributed by atoms with Crippen molar-refractivity contribution in [3.8, 4) is 11.3 Å². The van der Waals surface area contributed by atoms with Crippen molar-refractivity contribution in [3.05, 3.63) is 39.8 Å². The average Bonchev–Trinajstić information content (AvgIpc) is 2.88. The number of nitrogens with one attached hydrogen (secondary N) is 1. The molecule has 0 spiro atoms. The molecule has 9 heteroatoms. The van der Waals surface area contributed by atoms with Crippen LogP contribution in [0.1, 0.15) is 17.4 Å². The molecular formula is C11H9FN4O4. The van der Waals surface area contributed by atoms with Gasteiger partial charge in [-0.05, 0) is 19.1 Å². The smallest absolute Gasteiger partial charge is 0.361 e. The van der Waals surface area contributed by atoms with E-state index in [4.69, 9.17) is 4.74 Å². The van der Waals surface area contributed by atoms with Crippen LogP contribution in [0.3, 0.4) is 0 Å². The highest BCUT2D eigenvalue weighted by Gasteiger charge is 2.22. The van der Waals surface area contributed by atoms with Gasteiger partial charge in [0, 0.05) is 11.6 Å². The maximum absolute atomic E-state index is 13.3. The van der Waals surface area contributed by atoms with Crippen LogP contribution in [0.2, 0.25) is 0 Å². The number of H-pyrrole nitrogens is 1. The van der Waals surface area contributed by atoms with Gasteiger partial charge in [-0.25, -0.2) is 4.79 Å². The summed E-state index contributed by atoms with van der Waals surface area (Å²) in [4.78, 5) is 21.5. The molecule has 1 aromatic carbocycles. The number of nitrogens with zero attached hydrogens (tertiary/aromatic N) is 3. The number of halogens is 1. The van der Waals surface area contributed by atoms with E-state index in [1.165, 1.54) is 6.07 Å². The quantitative estimate of drug-likeness (QED) is 0.518. The van der Waals surface area contributed by atoms with E-state index in [-0.39, 0.29) is 23.6 Å². The Morgan fingerprint density at radius 1 is 1.50 bits per heavy atom. The fraction of sp³-hybridized carbons (Fsp3) is 0.182. The molecule has 0 unspecified atom stereocenters. The third-order valence-electron chi connectivity index (χ3n) is 2.43. The minimum atomic E-state index is -0.972. The van der Waals surface area contributed by atoms with Gasteiger partial charge in [0.1, 0.15) is 5.69 Å². The van der Waals surface area contributed by atoms with Crippen LogP contribution in [0.25, 0.3) is 11.3 Å². The number of aromatic amines is 1. The Labute approximate surface area is 111 Å². The van der Waals surface area contributed by atoms with Gasteiger partial charge in [0.25, 0.3) is 0 Å². The van der Waals surface area contributed by atoms with E-state index in [1.807, 2.05) is 0 Å². The molecule has 0 radical (unpaired) electrons. The highest BCUT2D eigenvalue weighted by Crippen LogP contribution is 2.26. The molecule has 0 aliphatic rings. The molecule has 8 nitrogen and oxygen atoms in total. The van der Waals surface area contributed by atoms with Crippen molar-refractivity contribution in [1.82, 2.24) is 15.4 Å². The van der Waals surface area contributed by atoms with Crippen molar-refractivity contribution in [2.24, 2.45) is 0 Å². The van der Waals surface area contributed by atoms with Crippen LogP contribution in [-0.2, 0) is 4.74 Å². The summed E-state index contributed by atoms with van der Waals surface area (Å²) < 4.78 is 18.0. The first-order chi connectivity index (χ1) is 9.54. The molecule has 0 amide bonds. The van der Waals surface area contributed by atoms with E-state index in [1.54, 1.807) is 6.92 Å². The number of rotatable bonds is 4. The standard InChI is InChI=1S/C11H9FN4O4/c1-2-20-11(17)10-9(13-15-14-10)6-3-4-7(12)8(5-6)16(18)19/h3-5H,2H2,1H3,(H,13,14,15). The van der Waals surface area contributed by atoms with Crippen LogP contribution in [-0.4, -0.2) is 32.9 Å². The molecule has 0 atom stereocenters. The largest absolute Gasteiger partial charge is 0.461 e. The summed E-state index contributed by atoms with van der Waals surface area (Å²) in [6.45, 7) is 1.77. The molecule has 1 N–H and O–H groups in total. The summed E-state index contributed by atoms with van der Waals surface area (Å²) in [6, 6.07) is 3.18. The highest BCUT2D eigenvalue weighted by atomic mass is 19.1. The van der Waals surface area contributed by atoms with Crippen molar-refractivity contribution >= 4 is 11.7 Å². The lowest BCUT2D eigenvalue weighted by Crippen LogP contribution is -2.07. The zero-order valence-corrected chi connectivity index (χ0v) is 10.3. The van der Waals surface area contributed by atoms with E-state index in [0.29, 0.717) is 0 Å². The van der Waals surface area contributed by atoms with Crippen LogP contribution in [0.4, 0.5) is 10.1 Å². The van der Waals surface area contributed by atoms with Gasteiger partial charge in [-0.2, -0.15) is 14.7 Å². The van der Waals surface area contributed by atoms with Crippen LogP contribution in [0.15, 0.2) is 18.2 Å². The van der Waals surface area contributed by atoms with Crippen molar-refractivity contribution in [2.45, 2.75) is 6.92 Å². The van der Waals surface area contributed by atoms with Gasteiger partial charge < -0.3 is 4.74 Å². The Hall–Kier alpha value is -2.84. The first kappa shape index (κ1) is 13.6. The maximum Gasteiger partial charge on any atom is 0.361 e. The van der Waals surface area contributed by atoms with Gasteiger partial charge in [0.2, 0.25) is 5.82 Å². The molecule has 2 rings (SSSR count). The minimum absolute atomic E-state index is 0.0616. The molecule has 0 fully saturated rings. The zero-order chi connectivity index (χ0) is 14.7. The first-order valence-electron chi connectivity index (χ1n) is 5.56. The Morgan fingerprint density at radius 3 is 2.90 bits per heavy atom. The summed E-state index contributed by atoms with van der Waals surface area (Å²) >= 11 is 0. The van der Waals surface area contributed by atoms with Crippen molar-refractivity contribution in [3.63, 3.8) is 0 Å². The number of nitro benzene ring substituents is 1. The van der Waals surface area contributed by atoms with Gasteiger partial charge in [-0.15, -0.1) is 5.10 Å². The molecule has 20 heavy (non-hydrogen) atoms. The zero-order valence-electron chi connectivity index (χ0n) is 10.3. The van der Waals surface area contributed by atoms with Crippen LogP contribution in [0, 0.1) is 15.9 Å². The number of ether oxygens (including phenoxy) is 1. The molecule has 1 aromatic heterocycles. The summed E-state index contributed by atoms with van der Waals surface area (Å²) in [5, 5.41) is 20.3.